The van der Waals surface area contributed by atoms with Gasteiger partial charge in [-0.05, 0) is 46.5 Å². The summed E-state index contributed by atoms with van der Waals surface area (Å²) in [4.78, 5) is 35.0. The smallest absolute Gasteiger partial charge is 0.411 e. The van der Waals surface area contributed by atoms with Gasteiger partial charge in [-0.1, -0.05) is 48.5 Å². The van der Waals surface area contributed by atoms with Gasteiger partial charge in [0.15, 0.2) is 6.10 Å². The maximum Gasteiger partial charge on any atom is 0.411 e. The van der Waals surface area contributed by atoms with Crippen molar-refractivity contribution in [2.24, 2.45) is 0 Å². The Morgan fingerprint density at radius 2 is 1.45 bits per heavy atom. The van der Waals surface area contributed by atoms with E-state index in [1.54, 1.807) is 0 Å². The van der Waals surface area contributed by atoms with Gasteiger partial charge in [0.05, 0.1) is 6.54 Å². The highest BCUT2D eigenvalue weighted by molar-refractivity contribution is 5.95. The molecule has 3 aromatic rings. The highest BCUT2D eigenvalue weighted by Crippen LogP contribution is 2.44. The van der Waals surface area contributed by atoms with E-state index in [0.29, 0.717) is 5.69 Å². The van der Waals surface area contributed by atoms with Crippen molar-refractivity contribution in [2.45, 2.75) is 12.0 Å². The summed E-state index contributed by atoms with van der Waals surface area (Å²) in [5, 5.41) is 22.8. The molecule has 0 aliphatic heterocycles. The second kappa shape index (κ2) is 9.54. The minimum Gasteiger partial charge on any atom is -0.479 e. The van der Waals surface area contributed by atoms with Crippen LogP contribution >= 0.6 is 0 Å². The second-order valence-electron chi connectivity index (χ2n) is 7.59. The number of ether oxygens (including phenoxy) is 1. The first-order chi connectivity index (χ1) is 15.9. The van der Waals surface area contributed by atoms with Crippen molar-refractivity contribution in [3.8, 4) is 11.1 Å². The van der Waals surface area contributed by atoms with Crippen LogP contribution in [0, 0.1) is 0 Å². The van der Waals surface area contributed by atoms with Gasteiger partial charge in [0, 0.05) is 17.2 Å². The Morgan fingerprint density at radius 1 is 0.879 bits per heavy atom. The van der Waals surface area contributed by atoms with Crippen LogP contribution in [0.2, 0.25) is 0 Å². The van der Waals surface area contributed by atoms with E-state index in [9.17, 15) is 19.5 Å². The molecule has 0 heterocycles. The third-order valence-electron chi connectivity index (χ3n) is 5.48. The standard InChI is InChI=1S/C25H22N2O6/c28-22(24(30)31)13-26-23(29)15-9-11-16(12-10-15)27-25(32)33-14-21-19-7-3-1-5-17(19)18-6-2-4-8-20(18)21/h1-12,21-22,28H,13-14H2,(H,26,29)(H,27,32)(H,30,31). The van der Waals surface area contributed by atoms with E-state index >= 15 is 0 Å². The number of carboxylic acid groups (broad SMARTS) is 1. The van der Waals surface area contributed by atoms with Gasteiger partial charge in [0.1, 0.15) is 6.61 Å². The van der Waals surface area contributed by atoms with Gasteiger partial charge in [0.25, 0.3) is 5.91 Å². The largest absolute Gasteiger partial charge is 0.479 e. The number of hydrogen-bond donors (Lipinski definition) is 4. The van der Waals surface area contributed by atoms with E-state index in [0.717, 1.165) is 22.3 Å². The summed E-state index contributed by atoms with van der Waals surface area (Å²) in [6, 6.07) is 22.1. The highest BCUT2D eigenvalue weighted by atomic mass is 16.5. The van der Waals surface area contributed by atoms with E-state index in [4.69, 9.17) is 9.84 Å². The zero-order valence-corrected chi connectivity index (χ0v) is 17.5. The zero-order chi connectivity index (χ0) is 23.4. The molecule has 0 saturated heterocycles. The van der Waals surface area contributed by atoms with Gasteiger partial charge in [-0.3, -0.25) is 10.1 Å². The van der Waals surface area contributed by atoms with Gasteiger partial charge in [0.2, 0.25) is 0 Å². The predicted molar refractivity (Wildman–Crippen MR) is 121 cm³/mol. The lowest BCUT2D eigenvalue weighted by Crippen LogP contribution is -2.36. The maximum absolute atomic E-state index is 12.4. The van der Waals surface area contributed by atoms with Crippen molar-refractivity contribution in [1.29, 1.82) is 0 Å². The molecule has 1 aliphatic carbocycles. The summed E-state index contributed by atoms with van der Waals surface area (Å²) < 4.78 is 5.50. The molecular formula is C25H22N2O6. The molecule has 8 heteroatoms. The van der Waals surface area contributed by atoms with E-state index in [1.165, 1.54) is 24.3 Å². The van der Waals surface area contributed by atoms with Gasteiger partial charge >= 0.3 is 12.1 Å². The number of carboxylic acids is 1. The topological polar surface area (TPSA) is 125 Å². The highest BCUT2D eigenvalue weighted by Gasteiger charge is 2.29. The van der Waals surface area contributed by atoms with Crippen molar-refractivity contribution < 1.29 is 29.3 Å². The molecule has 168 valence electrons. The first kappa shape index (κ1) is 22.0. The molecule has 0 spiro atoms. The Morgan fingerprint density at radius 3 is 2.03 bits per heavy atom. The number of aliphatic hydroxyl groups is 1. The first-order valence-corrected chi connectivity index (χ1v) is 10.3. The number of nitrogens with one attached hydrogen (secondary N) is 2. The average molecular weight is 446 g/mol. The third kappa shape index (κ3) is 4.86. The fourth-order valence-corrected chi connectivity index (χ4v) is 3.84. The van der Waals surface area contributed by atoms with Gasteiger partial charge < -0.3 is 20.3 Å². The molecule has 1 unspecified atom stereocenters. The van der Waals surface area contributed by atoms with Crippen LogP contribution < -0.4 is 10.6 Å². The summed E-state index contributed by atoms with van der Waals surface area (Å²) in [7, 11) is 0. The molecule has 33 heavy (non-hydrogen) atoms. The normalized spacial score (nSPS) is 12.9. The Hall–Kier alpha value is -4.17. The monoisotopic (exact) mass is 446 g/mol. The lowest BCUT2D eigenvalue weighted by atomic mass is 9.98. The fraction of sp³-hybridized carbons (Fsp3) is 0.160. The van der Waals surface area contributed by atoms with Crippen molar-refractivity contribution in [1.82, 2.24) is 5.32 Å². The predicted octanol–water partition coefficient (Wildman–Crippen LogP) is 3.22. The number of hydrogen-bond acceptors (Lipinski definition) is 5. The molecule has 0 bridgehead atoms. The molecule has 0 saturated carbocycles. The van der Waals surface area contributed by atoms with Crippen LogP contribution in [0.5, 0.6) is 0 Å². The van der Waals surface area contributed by atoms with Gasteiger partial charge in [-0.25, -0.2) is 9.59 Å². The number of aliphatic hydroxyl groups excluding tert-OH is 1. The molecule has 2 amide bonds. The number of carbonyl (C=O) groups is 3. The van der Waals surface area contributed by atoms with Crippen LogP contribution in [0.3, 0.4) is 0 Å². The number of anilines is 1. The van der Waals surface area contributed by atoms with Crippen LogP contribution in [-0.4, -0.2) is 47.4 Å². The summed E-state index contributed by atoms with van der Waals surface area (Å²) in [5.41, 5.74) is 5.23. The third-order valence-corrected chi connectivity index (χ3v) is 5.48. The molecular weight excluding hydrogens is 424 g/mol. The molecule has 0 radical (unpaired) electrons. The first-order valence-electron chi connectivity index (χ1n) is 10.3. The number of fused-ring (bicyclic) bond motifs is 3. The van der Waals surface area contributed by atoms with E-state index < -0.39 is 30.6 Å². The van der Waals surface area contributed by atoms with E-state index in [-0.39, 0.29) is 18.1 Å². The summed E-state index contributed by atoms with van der Waals surface area (Å²) >= 11 is 0. The van der Waals surface area contributed by atoms with Crippen molar-refractivity contribution in [2.75, 3.05) is 18.5 Å². The molecule has 4 rings (SSSR count). The molecule has 8 nitrogen and oxygen atoms in total. The molecule has 0 fully saturated rings. The zero-order valence-electron chi connectivity index (χ0n) is 17.5. The summed E-state index contributed by atoms with van der Waals surface area (Å²) in [6.45, 7) is -0.222. The Bertz CT molecular complexity index is 1150. The minimum absolute atomic E-state index is 0.0459. The Kier molecular flexibility index (Phi) is 6.37. The molecule has 3 aromatic carbocycles. The number of benzene rings is 3. The molecule has 1 aliphatic rings. The quantitative estimate of drug-likeness (QED) is 0.442. The van der Waals surface area contributed by atoms with Gasteiger partial charge in [-0.2, -0.15) is 0 Å². The number of aliphatic carboxylic acids is 1. The molecule has 4 N–H and O–H groups in total. The van der Waals surface area contributed by atoms with Crippen LogP contribution in [0.15, 0.2) is 72.8 Å². The van der Waals surface area contributed by atoms with Crippen LogP contribution in [0.4, 0.5) is 10.5 Å². The molecule has 0 aromatic heterocycles. The number of rotatable bonds is 7. The Labute approximate surface area is 189 Å². The average Bonchev–Trinajstić information content (AvgIpc) is 3.15. The lowest BCUT2D eigenvalue weighted by Gasteiger charge is -2.14. The minimum atomic E-state index is -1.68. The van der Waals surface area contributed by atoms with E-state index in [1.807, 2.05) is 36.4 Å². The van der Waals surface area contributed by atoms with Crippen molar-refractivity contribution in [3.63, 3.8) is 0 Å². The number of carbonyl (C=O) groups excluding carboxylic acids is 2. The van der Waals surface area contributed by atoms with Gasteiger partial charge in [-0.15, -0.1) is 0 Å². The molecule has 1 atom stereocenters. The van der Waals surface area contributed by atoms with E-state index in [2.05, 4.69) is 22.8 Å². The SMILES string of the molecule is O=C(Nc1ccc(C(=O)NCC(O)C(=O)O)cc1)OCC1c2ccccc2-c2ccccc21. The van der Waals surface area contributed by atoms with Crippen LogP contribution in [-0.2, 0) is 9.53 Å². The van der Waals surface area contributed by atoms with Crippen LogP contribution in [0.1, 0.15) is 27.4 Å². The maximum atomic E-state index is 12.4. The fourth-order valence-electron chi connectivity index (χ4n) is 3.84. The van der Waals surface area contributed by atoms with Crippen molar-refractivity contribution >= 4 is 23.7 Å². The van der Waals surface area contributed by atoms with Crippen LogP contribution in [0.25, 0.3) is 11.1 Å². The summed E-state index contributed by atoms with van der Waals surface area (Å²) in [5.74, 6) is -2.00. The second-order valence-corrected chi connectivity index (χ2v) is 7.59. The Balaban J connectivity index is 1.33. The van der Waals surface area contributed by atoms with Crippen molar-refractivity contribution in [3.05, 3.63) is 89.5 Å². The summed E-state index contributed by atoms with van der Waals surface area (Å²) in [6.07, 6.45) is -2.29. The number of amides is 2. The lowest BCUT2D eigenvalue weighted by molar-refractivity contribution is -0.146.